The smallest absolute Gasteiger partial charge is 0.258 e. The molecule has 0 amide bonds. The first kappa shape index (κ1) is 21.7. The maximum absolute atomic E-state index is 6.14. The van der Waals surface area contributed by atoms with Crippen molar-refractivity contribution in [3.8, 4) is 40.1 Å². The molecule has 0 saturated carbocycles. The topological polar surface area (TPSA) is 66.6 Å². The van der Waals surface area contributed by atoms with Gasteiger partial charge in [0.05, 0.1) is 19.8 Å². The van der Waals surface area contributed by atoms with Gasteiger partial charge in [-0.1, -0.05) is 28.9 Å². The van der Waals surface area contributed by atoms with Crippen molar-refractivity contribution in [2.24, 2.45) is 0 Å². The minimum atomic E-state index is 0.338. The quantitative estimate of drug-likeness (QED) is 0.330. The zero-order valence-electron chi connectivity index (χ0n) is 18.3. The summed E-state index contributed by atoms with van der Waals surface area (Å²) >= 11 is 6.14. The highest BCUT2D eigenvalue weighted by Crippen LogP contribution is 2.33. The summed E-state index contributed by atoms with van der Waals surface area (Å²) in [6.07, 6.45) is 0. The molecule has 0 N–H and O–H groups in total. The standard InChI is InChI=1S/C25H23ClN2O4/c1-15-5-6-16(2)23(11-15)31-14-18-12-17(7-9-21(18)29-3)25-27-24(28-32-25)20-13-19(26)8-10-22(20)30-4/h5-13H,14H2,1-4H3. The fourth-order valence-corrected chi connectivity index (χ4v) is 3.52. The number of nitrogens with zero attached hydrogens (tertiary/aromatic N) is 2. The molecule has 0 unspecified atom stereocenters. The number of rotatable bonds is 7. The van der Waals surface area contributed by atoms with Gasteiger partial charge in [-0.05, 0) is 67.4 Å². The summed E-state index contributed by atoms with van der Waals surface area (Å²) in [7, 11) is 3.21. The lowest BCUT2D eigenvalue weighted by atomic mass is 10.1. The largest absolute Gasteiger partial charge is 0.496 e. The van der Waals surface area contributed by atoms with Gasteiger partial charge < -0.3 is 18.7 Å². The maximum Gasteiger partial charge on any atom is 0.258 e. The van der Waals surface area contributed by atoms with Crippen LogP contribution in [0, 0.1) is 13.8 Å². The maximum atomic E-state index is 6.14. The Balaban J connectivity index is 1.63. The van der Waals surface area contributed by atoms with Gasteiger partial charge in [0.2, 0.25) is 5.82 Å². The van der Waals surface area contributed by atoms with Crippen molar-refractivity contribution in [1.82, 2.24) is 10.1 Å². The number of aryl methyl sites for hydroxylation is 2. The van der Waals surface area contributed by atoms with E-state index >= 15 is 0 Å². The molecule has 1 aromatic heterocycles. The van der Waals surface area contributed by atoms with Crippen LogP contribution in [-0.2, 0) is 6.61 Å². The molecule has 0 saturated heterocycles. The zero-order chi connectivity index (χ0) is 22.7. The number of halogens is 1. The highest BCUT2D eigenvalue weighted by molar-refractivity contribution is 6.30. The molecular weight excluding hydrogens is 428 g/mol. The normalized spacial score (nSPS) is 10.8. The molecule has 3 aromatic carbocycles. The first-order valence-electron chi connectivity index (χ1n) is 10.0. The van der Waals surface area contributed by atoms with Gasteiger partial charge in [-0.3, -0.25) is 0 Å². The van der Waals surface area contributed by atoms with Crippen molar-refractivity contribution in [2.45, 2.75) is 20.5 Å². The number of hydrogen-bond donors (Lipinski definition) is 0. The Morgan fingerprint density at radius 1 is 0.875 bits per heavy atom. The zero-order valence-corrected chi connectivity index (χ0v) is 19.1. The van der Waals surface area contributed by atoms with Gasteiger partial charge in [0.25, 0.3) is 5.89 Å². The van der Waals surface area contributed by atoms with E-state index in [1.54, 1.807) is 32.4 Å². The van der Waals surface area contributed by atoms with Crippen LogP contribution in [-0.4, -0.2) is 24.4 Å². The molecule has 0 aliphatic carbocycles. The average Bonchev–Trinajstić information content (AvgIpc) is 3.29. The second-order valence-corrected chi connectivity index (χ2v) is 7.79. The van der Waals surface area contributed by atoms with Gasteiger partial charge in [0.15, 0.2) is 0 Å². The monoisotopic (exact) mass is 450 g/mol. The molecule has 0 spiro atoms. The van der Waals surface area contributed by atoms with Gasteiger partial charge in [0, 0.05) is 16.1 Å². The summed E-state index contributed by atoms with van der Waals surface area (Å²) < 4.78 is 22.5. The van der Waals surface area contributed by atoms with E-state index in [4.69, 9.17) is 30.3 Å². The third kappa shape index (κ3) is 4.55. The van der Waals surface area contributed by atoms with E-state index in [1.165, 1.54) is 0 Å². The predicted molar refractivity (Wildman–Crippen MR) is 124 cm³/mol. The van der Waals surface area contributed by atoms with E-state index in [0.29, 0.717) is 34.7 Å². The summed E-state index contributed by atoms with van der Waals surface area (Å²) in [6, 6.07) is 17.0. The summed E-state index contributed by atoms with van der Waals surface area (Å²) in [5.41, 5.74) is 4.49. The molecule has 4 rings (SSSR count). The predicted octanol–water partition coefficient (Wildman–Crippen LogP) is 6.27. The van der Waals surface area contributed by atoms with Crippen molar-refractivity contribution < 1.29 is 18.7 Å². The van der Waals surface area contributed by atoms with Crippen LogP contribution < -0.4 is 14.2 Å². The second-order valence-electron chi connectivity index (χ2n) is 7.35. The molecule has 0 aliphatic rings. The Bertz CT molecular complexity index is 1250. The van der Waals surface area contributed by atoms with E-state index in [-0.39, 0.29) is 0 Å². The second kappa shape index (κ2) is 9.32. The van der Waals surface area contributed by atoms with Crippen LogP contribution in [0.15, 0.2) is 59.1 Å². The molecule has 0 atom stereocenters. The Labute approximate surface area is 191 Å². The van der Waals surface area contributed by atoms with Gasteiger partial charge in [-0.2, -0.15) is 4.98 Å². The van der Waals surface area contributed by atoms with Gasteiger partial charge in [-0.25, -0.2) is 0 Å². The van der Waals surface area contributed by atoms with Crippen molar-refractivity contribution in [1.29, 1.82) is 0 Å². The molecule has 4 aromatic rings. The molecule has 32 heavy (non-hydrogen) atoms. The van der Waals surface area contributed by atoms with Crippen LogP contribution >= 0.6 is 11.6 Å². The summed E-state index contributed by atoms with van der Waals surface area (Å²) in [5.74, 6) is 2.93. The van der Waals surface area contributed by atoms with Gasteiger partial charge >= 0.3 is 0 Å². The lowest BCUT2D eigenvalue weighted by Gasteiger charge is -2.13. The molecule has 0 fully saturated rings. The van der Waals surface area contributed by atoms with Crippen molar-refractivity contribution in [3.05, 3.63) is 76.3 Å². The van der Waals surface area contributed by atoms with Gasteiger partial charge in [0.1, 0.15) is 23.9 Å². The van der Waals surface area contributed by atoms with Crippen LogP contribution in [0.4, 0.5) is 0 Å². The lowest BCUT2D eigenvalue weighted by molar-refractivity contribution is 0.294. The van der Waals surface area contributed by atoms with E-state index in [2.05, 4.69) is 16.2 Å². The van der Waals surface area contributed by atoms with E-state index < -0.39 is 0 Å². The van der Waals surface area contributed by atoms with Crippen LogP contribution in [0.2, 0.25) is 5.02 Å². The highest BCUT2D eigenvalue weighted by Gasteiger charge is 2.17. The minimum absolute atomic E-state index is 0.338. The lowest BCUT2D eigenvalue weighted by Crippen LogP contribution is -2.00. The Morgan fingerprint density at radius 2 is 1.66 bits per heavy atom. The molecule has 0 radical (unpaired) electrons. The molecular formula is C25H23ClN2O4. The van der Waals surface area contributed by atoms with Crippen LogP contribution in [0.1, 0.15) is 16.7 Å². The number of ether oxygens (including phenoxy) is 3. The van der Waals surface area contributed by atoms with E-state index in [0.717, 1.165) is 33.8 Å². The minimum Gasteiger partial charge on any atom is -0.496 e. The number of hydrogen-bond acceptors (Lipinski definition) is 6. The van der Waals surface area contributed by atoms with Crippen molar-refractivity contribution >= 4 is 11.6 Å². The first-order chi connectivity index (χ1) is 15.5. The average molecular weight is 451 g/mol. The number of aromatic nitrogens is 2. The Kier molecular flexibility index (Phi) is 6.32. The molecule has 6 nitrogen and oxygen atoms in total. The van der Waals surface area contributed by atoms with Crippen LogP contribution in [0.3, 0.4) is 0 Å². The first-order valence-corrected chi connectivity index (χ1v) is 10.4. The SMILES string of the molecule is COc1ccc(-c2nc(-c3cc(Cl)ccc3OC)no2)cc1COc1cc(C)ccc1C. The molecule has 0 aliphatic heterocycles. The molecule has 1 heterocycles. The number of methoxy groups -OCH3 is 2. The third-order valence-corrected chi connectivity index (χ3v) is 5.32. The van der Waals surface area contributed by atoms with Crippen molar-refractivity contribution in [2.75, 3.05) is 14.2 Å². The van der Waals surface area contributed by atoms with Crippen LogP contribution in [0.25, 0.3) is 22.8 Å². The van der Waals surface area contributed by atoms with Crippen molar-refractivity contribution in [3.63, 3.8) is 0 Å². The fraction of sp³-hybridized carbons (Fsp3) is 0.200. The fourth-order valence-electron chi connectivity index (χ4n) is 3.35. The third-order valence-electron chi connectivity index (χ3n) is 5.08. The summed E-state index contributed by atoms with van der Waals surface area (Å²) in [5, 5.41) is 4.67. The summed E-state index contributed by atoms with van der Waals surface area (Å²) in [6.45, 7) is 4.40. The Morgan fingerprint density at radius 3 is 2.44 bits per heavy atom. The van der Waals surface area contributed by atoms with Crippen LogP contribution in [0.5, 0.6) is 17.2 Å². The van der Waals surface area contributed by atoms with E-state index in [1.807, 2.05) is 44.2 Å². The van der Waals surface area contributed by atoms with E-state index in [9.17, 15) is 0 Å². The Hall–Kier alpha value is -3.51. The highest BCUT2D eigenvalue weighted by atomic mass is 35.5. The van der Waals surface area contributed by atoms with Gasteiger partial charge in [-0.15, -0.1) is 0 Å². The summed E-state index contributed by atoms with van der Waals surface area (Å²) in [4.78, 5) is 4.54. The number of benzene rings is 3. The molecule has 164 valence electrons. The molecule has 0 bridgehead atoms. The molecule has 7 heteroatoms.